The average molecular weight is 698 g/mol. The van der Waals surface area contributed by atoms with Crippen molar-refractivity contribution >= 4 is 8.78 Å². The van der Waals surface area contributed by atoms with E-state index in [1.807, 2.05) is 0 Å². The second kappa shape index (κ2) is 13.2. The second-order valence-electron chi connectivity index (χ2n) is 14.1. The standard InChI is InChI=1S/C28H33.C13H10.2ClH.Zr/c1-17-9-11-21(18(17)2)26-24-16-19-15-20(27(3,4)5)10-12-22(19)23(24)13-14-25(26)28(6,7)8;1-3-7-12(8-4-1)11-13-9-5-2-6-10-13;;;/h9-10,12-16H,11H2,1-8H3;1-10H;2*1H;/q;;;;+2/p-2. The number of rotatable bonds is 4. The molecule has 2 aliphatic rings. The molecule has 2 aliphatic carbocycles. The Bertz CT molecular complexity index is 1720. The van der Waals surface area contributed by atoms with Crippen LogP contribution in [0, 0.1) is 0 Å². The smallest absolute Gasteiger partial charge is 1.00 e. The van der Waals surface area contributed by atoms with E-state index in [0.717, 1.165) is 6.42 Å². The molecule has 0 radical (unpaired) electrons. The summed E-state index contributed by atoms with van der Waals surface area (Å²) in [5.41, 5.74) is 17.9. The van der Waals surface area contributed by atoms with Crippen LogP contribution in [-0.4, -0.2) is 3.21 Å². The molecule has 0 amide bonds. The summed E-state index contributed by atoms with van der Waals surface area (Å²) in [6.45, 7) is 18.9. The van der Waals surface area contributed by atoms with Crippen LogP contribution in [0.4, 0.5) is 0 Å². The summed E-state index contributed by atoms with van der Waals surface area (Å²) in [6, 6.07) is 34.7. The third-order valence-electron chi connectivity index (χ3n) is 9.23. The van der Waals surface area contributed by atoms with Gasteiger partial charge in [0.15, 0.2) is 0 Å². The third kappa shape index (κ3) is 6.36. The first-order valence-corrected chi connectivity index (χ1v) is 18.0. The van der Waals surface area contributed by atoms with Crippen LogP contribution < -0.4 is 24.8 Å². The Balaban J connectivity index is 0.00000221. The van der Waals surface area contributed by atoms with Gasteiger partial charge in [-0.15, -0.1) is 0 Å². The van der Waals surface area contributed by atoms with Crippen LogP contribution >= 0.6 is 0 Å². The summed E-state index contributed by atoms with van der Waals surface area (Å²) in [5.74, 6) is 0. The summed E-state index contributed by atoms with van der Waals surface area (Å²) >= 11 is -1.23. The molecule has 3 heteroatoms. The van der Waals surface area contributed by atoms with Gasteiger partial charge >= 0.3 is 266 Å². The molecule has 0 nitrogen and oxygen atoms in total. The minimum atomic E-state index is -1.23. The Morgan fingerprint density at radius 3 is 1.75 bits per heavy atom. The van der Waals surface area contributed by atoms with Crippen molar-refractivity contribution in [3.8, 4) is 11.1 Å². The van der Waals surface area contributed by atoms with Gasteiger partial charge in [-0.05, 0) is 0 Å². The monoisotopic (exact) mass is 695 g/mol. The van der Waals surface area contributed by atoms with Crippen molar-refractivity contribution in [2.24, 2.45) is 0 Å². The number of fused-ring (bicyclic) bond motifs is 3. The molecule has 0 bridgehead atoms. The number of benzene rings is 4. The second-order valence-corrected chi connectivity index (χ2v) is 17.5. The van der Waals surface area contributed by atoms with E-state index in [9.17, 15) is 0 Å². The molecule has 1 unspecified atom stereocenters. The molecule has 0 spiro atoms. The maximum atomic E-state index is 2.58. The molecule has 0 N–H and O–H groups in total. The summed E-state index contributed by atoms with van der Waals surface area (Å²) < 4.78 is 2.03. The van der Waals surface area contributed by atoms with Crippen molar-refractivity contribution in [3.05, 3.63) is 147 Å². The first-order chi connectivity index (χ1) is 19.9. The fourth-order valence-corrected chi connectivity index (χ4v) is 11.1. The van der Waals surface area contributed by atoms with Crippen LogP contribution in [0.3, 0.4) is 0 Å². The van der Waals surface area contributed by atoms with Gasteiger partial charge in [0.25, 0.3) is 0 Å². The van der Waals surface area contributed by atoms with Gasteiger partial charge in [0.05, 0.1) is 0 Å². The van der Waals surface area contributed by atoms with Gasteiger partial charge in [-0.2, -0.15) is 0 Å². The summed E-state index contributed by atoms with van der Waals surface area (Å²) in [7, 11) is 0. The molecule has 0 saturated carbocycles. The van der Waals surface area contributed by atoms with Crippen LogP contribution in [0.5, 0.6) is 0 Å². The zero-order chi connectivity index (χ0) is 29.8. The molecule has 4 aromatic carbocycles. The Labute approximate surface area is 289 Å². The summed E-state index contributed by atoms with van der Waals surface area (Å²) in [4.78, 5) is 0. The van der Waals surface area contributed by atoms with Crippen molar-refractivity contribution in [1.29, 1.82) is 0 Å². The van der Waals surface area contributed by atoms with E-state index in [-0.39, 0.29) is 35.6 Å². The van der Waals surface area contributed by atoms with Crippen LogP contribution in [0.25, 0.3) is 16.7 Å². The Morgan fingerprint density at radius 2 is 1.25 bits per heavy atom. The van der Waals surface area contributed by atoms with Gasteiger partial charge in [-0.3, -0.25) is 0 Å². The average Bonchev–Trinajstić information content (AvgIpc) is 3.46. The normalized spacial score (nSPS) is 15.5. The van der Waals surface area contributed by atoms with E-state index in [2.05, 4.69) is 152 Å². The van der Waals surface area contributed by atoms with E-state index < -0.39 is 22.8 Å². The molecule has 44 heavy (non-hydrogen) atoms. The van der Waals surface area contributed by atoms with E-state index >= 15 is 0 Å². The number of halogens is 2. The predicted molar refractivity (Wildman–Crippen MR) is 178 cm³/mol. The summed E-state index contributed by atoms with van der Waals surface area (Å²) in [5, 5.41) is 0. The quantitative estimate of drug-likeness (QED) is 0.287. The van der Waals surface area contributed by atoms with Crippen LogP contribution in [0.1, 0.15) is 104 Å². The van der Waals surface area contributed by atoms with Crippen molar-refractivity contribution in [3.63, 3.8) is 0 Å². The van der Waals surface area contributed by atoms with E-state index in [1.54, 1.807) is 25.5 Å². The van der Waals surface area contributed by atoms with Gasteiger partial charge in [0, 0.05) is 0 Å². The van der Waals surface area contributed by atoms with Crippen LogP contribution in [0.2, 0.25) is 0 Å². The molecular formula is C41H43Cl2Zr. The minimum Gasteiger partial charge on any atom is -1.00 e. The number of hydrogen-bond acceptors (Lipinski definition) is 0. The largest absolute Gasteiger partial charge is 1.00 e. The molecule has 0 saturated heterocycles. The van der Waals surface area contributed by atoms with Gasteiger partial charge < -0.3 is 24.8 Å². The maximum absolute atomic E-state index is 2.58. The van der Waals surface area contributed by atoms with Gasteiger partial charge in [-0.1, -0.05) is 0 Å². The SMILES string of the molecule is CC1=CCC(c2c(C(C)(C)C)ccc3c2[CH]([Zr+2]=[C](c2ccccc2)c2ccccc2)c2cc(C(C)(C)C)ccc2-3)=C1C.[Cl-].[Cl-]. The van der Waals surface area contributed by atoms with Crippen LogP contribution in [0.15, 0.2) is 108 Å². The molecule has 0 heterocycles. The van der Waals surface area contributed by atoms with Gasteiger partial charge in [-0.25, -0.2) is 0 Å². The molecule has 1 atom stereocenters. The molecule has 6 rings (SSSR count). The zero-order valence-corrected chi connectivity index (χ0v) is 31.2. The zero-order valence-electron chi connectivity index (χ0n) is 27.3. The first-order valence-electron chi connectivity index (χ1n) is 15.4. The van der Waals surface area contributed by atoms with Crippen molar-refractivity contribution in [2.45, 2.75) is 76.3 Å². The van der Waals surface area contributed by atoms with Crippen molar-refractivity contribution in [2.75, 3.05) is 0 Å². The van der Waals surface area contributed by atoms with Crippen molar-refractivity contribution in [1.82, 2.24) is 0 Å². The van der Waals surface area contributed by atoms with Gasteiger partial charge in [0.2, 0.25) is 0 Å². The molecule has 0 fully saturated rings. The minimum absolute atomic E-state index is 0. The van der Waals surface area contributed by atoms with Crippen molar-refractivity contribution < 1.29 is 47.6 Å². The van der Waals surface area contributed by atoms with E-state index in [0.29, 0.717) is 3.63 Å². The predicted octanol–water partition coefficient (Wildman–Crippen LogP) is 4.83. The fraction of sp³-hybridized carbons (Fsp3) is 0.293. The molecule has 225 valence electrons. The first kappa shape index (κ1) is 34.6. The van der Waals surface area contributed by atoms with Gasteiger partial charge in [0.1, 0.15) is 0 Å². The van der Waals surface area contributed by atoms with E-state index in [1.165, 1.54) is 44.5 Å². The Morgan fingerprint density at radius 1 is 0.682 bits per heavy atom. The Kier molecular flexibility index (Phi) is 10.4. The van der Waals surface area contributed by atoms with E-state index in [4.69, 9.17) is 0 Å². The Hall–Kier alpha value is -2.31. The fourth-order valence-electron chi connectivity index (χ4n) is 6.70. The molecule has 0 aromatic heterocycles. The molecule has 0 aliphatic heterocycles. The van der Waals surface area contributed by atoms with Crippen LogP contribution in [-0.2, 0) is 33.6 Å². The number of allylic oxidation sites excluding steroid dienone is 4. The summed E-state index contributed by atoms with van der Waals surface area (Å²) in [6.07, 6.45) is 3.48. The molecular weight excluding hydrogens is 655 g/mol. The third-order valence-corrected chi connectivity index (χ3v) is 13.5. The topological polar surface area (TPSA) is 0 Å². The number of hydrogen-bond donors (Lipinski definition) is 0. The molecule has 4 aromatic rings. The maximum Gasteiger partial charge on any atom is -1.00 e.